The first-order chi connectivity index (χ1) is 5.17. The van der Waals surface area contributed by atoms with E-state index in [0.29, 0.717) is 0 Å². The lowest BCUT2D eigenvalue weighted by atomic mass is 10.4. The SMILES string of the molecule is CC(C)N=CC(C)(O)[Si](C)(C)C. The summed E-state index contributed by atoms with van der Waals surface area (Å²) in [5.41, 5.74) is 0. The maximum absolute atomic E-state index is 10.0. The average Bonchev–Trinajstić information content (AvgIpc) is 1.81. The second-order valence-electron chi connectivity index (χ2n) is 4.77. The first kappa shape index (κ1) is 11.8. The van der Waals surface area contributed by atoms with Crippen LogP contribution in [0, 0.1) is 0 Å². The van der Waals surface area contributed by atoms with Gasteiger partial charge in [-0.2, -0.15) is 0 Å². The van der Waals surface area contributed by atoms with E-state index in [1.165, 1.54) is 0 Å². The summed E-state index contributed by atoms with van der Waals surface area (Å²) >= 11 is 0. The van der Waals surface area contributed by atoms with Crippen LogP contribution in [-0.2, 0) is 0 Å². The monoisotopic (exact) mass is 187 g/mol. The van der Waals surface area contributed by atoms with Crippen molar-refractivity contribution >= 4 is 14.3 Å². The van der Waals surface area contributed by atoms with Crippen molar-refractivity contribution in [2.75, 3.05) is 0 Å². The number of hydrogen-bond acceptors (Lipinski definition) is 2. The maximum Gasteiger partial charge on any atom is 0.0886 e. The Morgan fingerprint density at radius 1 is 1.33 bits per heavy atom. The topological polar surface area (TPSA) is 32.6 Å². The van der Waals surface area contributed by atoms with Gasteiger partial charge in [0.1, 0.15) is 0 Å². The molecule has 0 aliphatic rings. The third-order valence-corrected chi connectivity index (χ3v) is 5.31. The minimum Gasteiger partial charge on any atom is -0.388 e. The molecule has 0 saturated carbocycles. The van der Waals surface area contributed by atoms with Crippen molar-refractivity contribution in [2.24, 2.45) is 4.99 Å². The standard InChI is InChI=1S/C9H21NOSi/c1-8(2)10-7-9(3,11)12(4,5)6/h7-8,11H,1-6H3. The van der Waals surface area contributed by atoms with E-state index in [1.54, 1.807) is 6.21 Å². The first-order valence-electron chi connectivity index (χ1n) is 4.43. The Morgan fingerprint density at radius 3 is 2.00 bits per heavy atom. The smallest absolute Gasteiger partial charge is 0.0886 e. The molecule has 0 amide bonds. The van der Waals surface area contributed by atoms with E-state index in [0.717, 1.165) is 0 Å². The molecular weight excluding hydrogens is 166 g/mol. The Kier molecular flexibility index (Phi) is 3.66. The zero-order chi connectivity index (χ0) is 9.99. The maximum atomic E-state index is 10.0. The van der Waals surface area contributed by atoms with Gasteiger partial charge in [0.05, 0.1) is 13.3 Å². The lowest BCUT2D eigenvalue weighted by Gasteiger charge is -2.31. The van der Waals surface area contributed by atoms with Crippen molar-refractivity contribution in [1.82, 2.24) is 0 Å². The zero-order valence-corrected chi connectivity index (χ0v) is 10.0. The lowest BCUT2D eigenvalue weighted by Crippen LogP contribution is -2.51. The molecule has 0 aromatic carbocycles. The Bertz CT molecular complexity index is 168. The van der Waals surface area contributed by atoms with Gasteiger partial charge >= 0.3 is 0 Å². The Morgan fingerprint density at radius 2 is 1.75 bits per heavy atom. The van der Waals surface area contributed by atoms with Gasteiger partial charge in [0.15, 0.2) is 0 Å². The van der Waals surface area contributed by atoms with Crippen LogP contribution in [-0.4, -0.2) is 30.7 Å². The molecule has 0 aromatic rings. The Hall–Kier alpha value is -0.153. The lowest BCUT2D eigenvalue weighted by molar-refractivity contribution is 0.211. The summed E-state index contributed by atoms with van der Waals surface area (Å²) in [5.74, 6) is 0. The van der Waals surface area contributed by atoms with E-state index in [4.69, 9.17) is 0 Å². The molecule has 0 aromatic heterocycles. The number of hydrogen-bond donors (Lipinski definition) is 1. The van der Waals surface area contributed by atoms with E-state index in [-0.39, 0.29) is 6.04 Å². The van der Waals surface area contributed by atoms with Crippen LogP contribution in [0.15, 0.2) is 4.99 Å². The predicted octanol–water partition coefficient (Wildman–Crippen LogP) is 2.09. The van der Waals surface area contributed by atoms with E-state index >= 15 is 0 Å². The molecule has 0 radical (unpaired) electrons. The minimum atomic E-state index is -1.55. The molecule has 0 saturated heterocycles. The predicted molar refractivity (Wildman–Crippen MR) is 57.6 cm³/mol. The third-order valence-electron chi connectivity index (χ3n) is 2.14. The van der Waals surface area contributed by atoms with Gasteiger partial charge in [0.25, 0.3) is 0 Å². The van der Waals surface area contributed by atoms with Gasteiger partial charge in [-0.15, -0.1) is 0 Å². The molecule has 0 heterocycles. The van der Waals surface area contributed by atoms with E-state index in [1.807, 2.05) is 20.8 Å². The molecule has 0 bridgehead atoms. The fraction of sp³-hybridized carbons (Fsp3) is 0.889. The van der Waals surface area contributed by atoms with Crippen LogP contribution in [0.5, 0.6) is 0 Å². The number of rotatable bonds is 3. The van der Waals surface area contributed by atoms with Crippen LogP contribution >= 0.6 is 0 Å². The zero-order valence-electron chi connectivity index (χ0n) is 9.05. The minimum absolute atomic E-state index is 0.271. The first-order valence-corrected chi connectivity index (χ1v) is 7.93. The molecule has 0 aliphatic carbocycles. The second kappa shape index (κ2) is 3.71. The molecule has 0 rings (SSSR count). The highest BCUT2D eigenvalue weighted by Gasteiger charge is 2.35. The molecule has 1 N–H and O–H groups in total. The quantitative estimate of drug-likeness (QED) is 0.532. The normalized spacial score (nSPS) is 18.7. The molecule has 1 unspecified atom stereocenters. The highest BCUT2D eigenvalue weighted by Crippen LogP contribution is 2.17. The van der Waals surface area contributed by atoms with Crippen LogP contribution in [0.3, 0.4) is 0 Å². The molecule has 0 spiro atoms. The molecule has 12 heavy (non-hydrogen) atoms. The van der Waals surface area contributed by atoms with Gasteiger partial charge in [-0.3, -0.25) is 4.99 Å². The summed E-state index contributed by atoms with van der Waals surface area (Å²) in [5, 5.41) is 9.33. The summed E-state index contributed by atoms with van der Waals surface area (Å²) in [6.07, 6.45) is 1.71. The van der Waals surface area contributed by atoms with Crippen LogP contribution in [0.4, 0.5) is 0 Å². The van der Waals surface area contributed by atoms with Crippen molar-refractivity contribution in [3.05, 3.63) is 0 Å². The second-order valence-corrected chi connectivity index (χ2v) is 10.3. The summed E-state index contributed by atoms with van der Waals surface area (Å²) in [6.45, 7) is 12.3. The van der Waals surface area contributed by atoms with Crippen molar-refractivity contribution < 1.29 is 5.11 Å². The number of nitrogens with zero attached hydrogens (tertiary/aromatic N) is 1. The number of aliphatic imine (C=N–C) groups is 1. The highest BCUT2D eigenvalue weighted by molar-refractivity contribution is 6.81. The van der Waals surface area contributed by atoms with Crippen LogP contribution in [0.2, 0.25) is 19.6 Å². The molecule has 0 aliphatic heterocycles. The Labute approximate surface area is 76.7 Å². The fourth-order valence-corrected chi connectivity index (χ4v) is 0.950. The Balaban J connectivity index is 4.43. The molecular formula is C9H21NOSi. The number of aliphatic hydroxyl groups is 1. The molecule has 1 atom stereocenters. The third kappa shape index (κ3) is 3.50. The summed E-state index contributed by atoms with van der Waals surface area (Å²) in [4.78, 5) is 4.22. The summed E-state index contributed by atoms with van der Waals surface area (Å²) in [7, 11) is -1.55. The molecule has 72 valence electrons. The summed E-state index contributed by atoms with van der Waals surface area (Å²) < 4.78 is 0. The summed E-state index contributed by atoms with van der Waals surface area (Å²) in [6, 6.07) is 0.271. The van der Waals surface area contributed by atoms with Crippen LogP contribution < -0.4 is 0 Å². The van der Waals surface area contributed by atoms with Gasteiger partial charge < -0.3 is 5.11 Å². The van der Waals surface area contributed by atoms with E-state index in [2.05, 4.69) is 24.6 Å². The highest BCUT2D eigenvalue weighted by atomic mass is 28.3. The molecule has 0 fully saturated rings. The van der Waals surface area contributed by atoms with Gasteiger partial charge in [-0.25, -0.2) is 0 Å². The van der Waals surface area contributed by atoms with Crippen molar-refractivity contribution in [1.29, 1.82) is 0 Å². The van der Waals surface area contributed by atoms with Crippen LogP contribution in [0.25, 0.3) is 0 Å². The molecule has 2 nitrogen and oxygen atoms in total. The van der Waals surface area contributed by atoms with Crippen molar-refractivity contribution in [3.63, 3.8) is 0 Å². The van der Waals surface area contributed by atoms with Gasteiger partial charge in [-0.05, 0) is 20.8 Å². The van der Waals surface area contributed by atoms with E-state index in [9.17, 15) is 5.11 Å². The van der Waals surface area contributed by atoms with Crippen LogP contribution in [0.1, 0.15) is 20.8 Å². The van der Waals surface area contributed by atoms with Gasteiger partial charge in [0.2, 0.25) is 0 Å². The average molecular weight is 187 g/mol. The van der Waals surface area contributed by atoms with Gasteiger partial charge in [0, 0.05) is 12.3 Å². The van der Waals surface area contributed by atoms with E-state index < -0.39 is 13.3 Å². The molecule has 3 heteroatoms. The van der Waals surface area contributed by atoms with Gasteiger partial charge in [-0.1, -0.05) is 19.6 Å². The largest absolute Gasteiger partial charge is 0.388 e. The van der Waals surface area contributed by atoms with Crippen molar-refractivity contribution in [3.8, 4) is 0 Å². The fourth-order valence-electron chi connectivity index (χ4n) is 0.488. The van der Waals surface area contributed by atoms with Crippen molar-refractivity contribution in [2.45, 2.75) is 51.7 Å².